The molecule has 0 bridgehead atoms. The van der Waals surface area contributed by atoms with E-state index in [0.717, 1.165) is 23.2 Å². The Morgan fingerprint density at radius 3 is 3.00 bits per heavy atom. The number of carboxylic acids is 1. The van der Waals surface area contributed by atoms with E-state index >= 15 is 0 Å². The van der Waals surface area contributed by atoms with Crippen molar-refractivity contribution in [3.8, 4) is 0 Å². The van der Waals surface area contributed by atoms with Crippen LogP contribution in [0, 0.1) is 0 Å². The fourth-order valence-electron chi connectivity index (χ4n) is 2.20. The van der Waals surface area contributed by atoms with Crippen LogP contribution in [0.1, 0.15) is 18.5 Å². The van der Waals surface area contributed by atoms with Crippen LogP contribution < -0.4 is 4.90 Å². The smallest absolute Gasteiger partial charge is 0.328 e. The number of nitrogens with zero attached hydrogens (tertiary/aromatic N) is 3. The summed E-state index contributed by atoms with van der Waals surface area (Å²) in [4.78, 5) is 17.5. The van der Waals surface area contributed by atoms with Crippen molar-refractivity contribution in [2.45, 2.75) is 18.9 Å². The Kier molecular flexibility index (Phi) is 2.74. The van der Waals surface area contributed by atoms with Crippen LogP contribution in [0.25, 0.3) is 11.7 Å². The van der Waals surface area contributed by atoms with E-state index in [1.165, 1.54) is 12.8 Å². The first kappa shape index (κ1) is 11.8. The quantitative estimate of drug-likeness (QED) is 0.851. The first-order chi connectivity index (χ1) is 9.16. The second kappa shape index (κ2) is 4.42. The fourth-order valence-corrected chi connectivity index (χ4v) is 2.20. The molecule has 98 valence electrons. The molecule has 1 N–H and O–H groups in total. The summed E-state index contributed by atoms with van der Waals surface area (Å²) < 4.78 is 1.91. The lowest BCUT2D eigenvalue weighted by molar-refractivity contribution is -0.131. The molecular formula is C14H15N3O2. The number of aromatic nitrogens is 2. The molecule has 0 aromatic carbocycles. The summed E-state index contributed by atoms with van der Waals surface area (Å²) in [5.41, 5.74) is 1.64. The lowest BCUT2D eigenvalue weighted by Gasteiger charge is -2.16. The van der Waals surface area contributed by atoms with E-state index in [1.54, 1.807) is 6.08 Å². The van der Waals surface area contributed by atoms with Crippen molar-refractivity contribution in [3.05, 3.63) is 36.2 Å². The molecule has 19 heavy (non-hydrogen) atoms. The molecular weight excluding hydrogens is 242 g/mol. The number of imidazole rings is 1. The first-order valence-electron chi connectivity index (χ1n) is 6.28. The molecule has 2 heterocycles. The third-order valence-electron chi connectivity index (χ3n) is 3.36. The maximum atomic E-state index is 10.7. The van der Waals surface area contributed by atoms with Crippen molar-refractivity contribution < 1.29 is 9.90 Å². The van der Waals surface area contributed by atoms with Crippen molar-refractivity contribution in [1.82, 2.24) is 9.38 Å². The van der Waals surface area contributed by atoms with Crippen LogP contribution in [0.3, 0.4) is 0 Å². The molecule has 1 fully saturated rings. The normalized spacial score (nSPS) is 15.2. The summed E-state index contributed by atoms with van der Waals surface area (Å²) in [5, 5.41) is 8.81. The molecule has 1 saturated carbocycles. The highest BCUT2D eigenvalue weighted by Crippen LogP contribution is 2.32. The van der Waals surface area contributed by atoms with Crippen molar-refractivity contribution in [3.63, 3.8) is 0 Å². The van der Waals surface area contributed by atoms with Gasteiger partial charge < -0.3 is 10.0 Å². The van der Waals surface area contributed by atoms with Crippen LogP contribution in [-0.2, 0) is 4.79 Å². The van der Waals surface area contributed by atoms with Crippen LogP contribution in [0.15, 0.2) is 30.5 Å². The van der Waals surface area contributed by atoms with Gasteiger partial charge in [0.2, 0.25) is 0 Å². The Balaban J connectivity index is 2.13. The summed E-state index contributed by atoms with van der Waals surface area (Å²) in [5.74, 6) is -0.114. The lowest BCUT2D eigenvalue weighted by Crippen LogP contribution is -2.20. The largest absolute Gasteiger partial charge is 0.478 e. The molecule has 0 amide bonds. The highest BCUT2D eigenvalue weighted by molar-refractivity contribution is 5.86. The molecule has 0 spiro atoms. The van der Waals surface area contributed by atoms with Gasteiger partial charge in [0.1, 0.15) is 5.65 Å². The molecule has 5 heteroatoms. The number of aliphatic carboxylic acids is 1. The minimum Gasteiger partial charge on any atom is -0.478 e. The average Bonchev–Trinajstić information content (AvgIpc) is 3.17. The topological polar surface area (TPSA) is 57.8 Å². The number of pyridine rings is 1. The summed E-state index contributed by atoms with van der Waals surface area (Å²) in [6.07, 6.45) is 7.00. The molecule has 0 atom stereocenters. The van der Waals surface area contributed by atoms with E-state index in [9.17, 15) is 4.79 Å². The maximum absolute atomic E-state index is 10.7. The van der Waals surface area contributed by atoms with Gasteiger partial charge in [0.25, 0.3) is 0 Å². The molecule has 3 rings (SSSR count). The molecule has 5 nitrogen and oxygen atoms in total. The molecule has 1 aliphatic rings. The summed E-state index contributed by atoms with van der Waals surface area (Å²) in [6, 6.07) is 6.28. The number of anilines is 1. The SMILES string of the molecule is CN(c1nc2ccccn2c1/C=C/C(=O)O)C1CC1. The van der Waals surface area contributed by atoms with Crippen LogP contribution in [0.5, 0.6) is 0 Å². The van der Waals surface area contributed by atoms with Gasteiger partial charge in [-0.3, -0.25) is 4.40 Å². The Labute approximate surface area is 110 Å². The second-order valence-corrected chi connectivity index (χ2v) is 4.76. The Morgan fingerprint density at radius 2 is 2.32 bits per heavy atom. The molecule has 0 radical (unpaired) electrons. The van der Waals surface area contributed by atoms with Gasteiger partial charge >= 0.3 is 5.97 Å². The molecule has 1 aliphatic carbocycles. The van der Waals surface area contributed by atoms with Crippen molar-refractivity contribution in [2.75, 3.05) is 11.9 Å². The summed E-state index contributed by atoms with van der Waals surface area (Å²) >= 11 is 0. The number of carboxylic acid groups (broad SMARTS) is 1. The zero-order valence-corrected chi connectivity index (χ0v) is 10.7. The predicted octanol–water partition coefficient (Wildman–Crippen LogP) is 2.03. The van der Waals surface area contributed by atoms with Crippen LogP contribution in [-0.4, -0.2) is 33.6 Å². The van der Waals surface area contributed by atoms with E-state index in [-0.39, 0.29) is 0 Å². The van der Waals surface area contributed by atoms with E-state index in [2.05, 4.69) is 9.88 Å². The zero-order valence-electron chi connectivity index (χ0n) is 10.7. The van der Waals surface area contributed by atoms with Crippen LogP contribution in [0.4, 0.5) is 5.82 Å². The molecule has 2 aromatic heterocycles. The summed E-state index contributed by atoms with van der Waals surface area (Å²) in [6.45, 7) is 0. The minimum atomic E-state index is -0.953. The monoisotopic (exact) mass is 257 g/mol. The number of fused-ring (bicyclic) bond motifs is 1. The van der Waals surface area contributed by atoms with E-state index in [1.807, 2.05) is 35.8 Å². The Bertz CT molecular complexity index is 656. The number of hydrogen-bond acceptors (Lipinski definition) is 3. The van der Waals surface area contributed by atoms with E-state index in [4.69, 9.17) is 5.11 Å². The van der Waals surface area contributed by atoms with E-state index in [0.29, 0.717) is 6.04 Å². The predicted molar refractivity (Wildman–Crippen MR) is 73.3 cm³/mol. The molecule has 0 aliphatic heterocycles. The Hall–Kier alpha value is -2.30. The standard InChI is InChI=1S/C14H15N3O2/c1-16(10-5-6-10)14-11(7-8-13(18)19)17-9-3-2-4-12(17)15-14/h2-4,7-10H,5-6H2,1H3,(H,18,19)/b8-7+. The highest BCUT2D eigenvalue weighted by Gasteiger charge is 2.29. The van der Waals surface area contributed by atoms with Crippen molar-refractivity contribution in [1.29, 1.82) is 0 Å². The van der Waals surface area contributed by atoms with E-state index < -0.39 is 5.97 Å². The molecule has 0 unspecified atom stereocenters. The molecule has 0 saturated heterocycles. The van der Waals surface area contributed by atoms with Gasteiger partial charge in [-0.05, 0) is 31.1 Å². The average molecular weight is 257 g/mol. The van der Waals surface area contributed by atoms with Gasteiger partial charge in [0.15, 0.2) is 5.82 Å². The minimum absolute atomic E-state index is 0.530. The van der Waals surface area contributed by atoms with Crippen LogP contribution >= 0.6 is 0 Å². The van der Waals surface area contributed by atoms with Gasteiger partial charge in [-0.25, -0.2) is 9.78 Å². The lowest BCUT2D eigenvalue weighted by atomic mass is 10.3. The van der Waals surface area contributed by atoms with Crippen molar-refractivity contribution >= 4 is 23.5 Å². The highest BCUT2D eigenvalue weighted by atomic mass is 16.4. The fraction of sp³-hybridized carbons (Fsp3) is 0.286. The zero-order chi connectivity index (χ0) is 13.4. The van der Waals surface area contributed by atoms with Gasteiger partial charge in [-0.2, -0.15) is 0 Å². The third-order valence-corrected chi connectivity index (χ3v) is 3.36. The van der Waals surface area contributed by atoms with Gasteiger partial charge in [0, 0.05) is 25.4 Å². The maximum Gasteiger partial charge on any atom is 0.328 e. The second-order valence-electron chi connectivity index (χ2n) is 4.76. The number of hydrogen-bond donors (Lipinski definition) is 1. The number of rotatable bonds is 4. The third kappa shape index (κ3) is 2.19. The van der Waals surface area contributed by atoms with Gasteiger partial charge in [-0.15, -0.1) is 0 Å². The molecule has 2 aromatic rings. The van der Waals surface area contributed by atoms with Crippen molar-refractivity contribution in [2.24, 2.45) is 0 Å². The first-order valence-corrected chi connectivity index (χ1v) is 6.28. The number of carbonyl (C=O) groups is 1. The van der Waals surface area contributed by atoms with Gasteiger partial charge in [0.05, 0.1) is 5.69 Å². The Morgan fingerprint density at radius 1 is 1.53 bits per heavy atom. The summed E-state index contributed by atoms with van der Waals surface area (Å²) in [7, 11) is 2.01. The van der Waals surface area contributed by atoms with Gasteiger partial charge in [-0.1, -0.05) is 6.07 Å². The van der Waals surface area contributed by atoms with Crippen LogP contribution in [0.2, 0.25) is 0 Å².